The topological polar surface area (TPSA) is 93.4 Å². The molecule has 0 amide bonds. The van der Waals surface area contributed by atoms with E-state index in [1.54, 1.807) is 13.1 Å². The third-order valence-electron chi connectivity index (χ3n) is 1.46. The zero-order chi connectivity index (χ0) is 11.9. The van der Waals surface area contributed by atoms with Gasteiger partial charge in [0.15, 0.2) is 0 Å². The first-order valence-electron chi connectivity index (χ1n) is 4.24. The molecule has 0 aliphatic carbocycles. The number of nitrogens with one attached hydrogen (secondary N) is 2. The number of halogens is 1. The van der Waals surface area contributed by atoms with Gasteiger partial charge in [-0.3, -0.25) is 15.5 Å². The van der Waals surface area contributed by atoms with Crippen LogP contribution in [0.1, 0.15) is 6.42 Å². The lowest BCUT2D eigenvalue weighted by Crippen LogP contribution is -2.34. The molecule has 0 aliphatic rings. The van der Waals surface area contributed by atoms with Crippen molar-refractivity contribution in [3.63, 3.8) is 0 Å². The monoisotopic (exact) mass is 257 g/mol. The van der Waals surface area contributed by atoms with Gasteiger partial charge in [-0.05, 0) is 12.5 Å². The van der Waals surface area contributed by atoms with Gasteiger partial charge in [-0.1, -0.05) is 11.6 Å². The Bertz CT molecular complexity index is 305. The van der Waals surface area contributed by atoms with Crippen LogP contribution in [0.25, 0.3) is 0 Å². The molecule has 0 aromatic carbocycles. The number of hydrogen-bond donors (Lipinski definition) is 3. The van der Waals surface area contributed by atoms with Crippen molar-refractivity contribution in [2.45, 2.75) is 12.5 Å². The van der Waals surface area contributed by atoms with Crippen molar-refractivity contribution < 1.29 is 12.6 Å². The normalized spacial score (nSPS) is 15.1. The average molecular weight is 258 g/mol. The Balaban J connectivity index is 4.28. The van der Waals surface area contributed by atoms with Gasteiger partial charge in [-0.15, -0.1) is 0 Å². The Kier molecular flexibility index (Phi) is 6.86. The highest BCUT2D eigenvalue weighted by Gasteiger charge is 2.13. The molecule has 0 spiro atoms. The third-order valence-corrected chi connectivity index (χ3v) is 2.42. The molecule has 15 heavy (non-hydrogen) atoms. The van der Waals surface area contributed by atoms with Crippen molar-refractivity contribution in [2.75, 3.05) is 19.8 Å². The molecule has 0 saturated carbocycles. The minimum atomic E-state index is -3.49. The second kappa shape index (κ2) is 7.02. The standard InChI is InChI=1S/C7H16ClN3O3S/c1-10-7(8)4-3-6(5-11-9)14-15(2,12)13/h4,6,10-11H,3,5,9H2,1-2H3/b7-4-. The first-order chi connectivity index (χ1) is 6.89. The van der Waals surface area contributed by atoms with Crippen LogP contribution in [0.4, 0.5) is 0 Å². The van der Waals surface area contributed by atoms with E-state index in [2.05, 4.69) is 10.7 Å². The molecule has 0 aromatic rings. The second-order valence-corrected chi connectivity index (χ2v) is 4.88. The van der Waals surface area contributed by atoms with Crippen molar-refractivity contribution in [2.24, 2.45) is 5.84 Å². The van der Waals surface area contributed by atoms with E-state index in [1.807, 2.05) is 0 Å². The van der Waals surface area contributed by atoms with Gasteiger partial charge < -0.3 is 5.32 Å². The Morgan fingerprint density at radius 2 is 2.27 bits per heavy atom. The Morgan fingerprint density at radius 3 is 2.67 bits per heavy atom. The fourth-order valence-corrected chi connectivity index (χ4v) is 1.60. The van der Waals surface area contributed by atoms with Crippen molar-refractivity contribution >= 4 is 21.7 Å². The predicted molar refractivity (Wildman–Crippen MR) is 59.5 cm³/mol. The molecular weight excluding hydrogens is 242 g/mol. The van der Waals surface area contributed by atoms with Crippen LogP contribution in [0.3, 0.4) is 0 Å². The van der Waals surface area contributed by atoms with E-state index in [9.17, 15) is 8.42 Å². The Morgan fingerprint density at radius 1 is 1.67 bits per heavy atom. The molecule has 0 rings (SSSR count). The molecule has 6 nitrogen and oxygen atoms in total. The van der Waals surface area contributed by atoms with Crippen LogP contribution in [-0.4, -0.2) is 34.4 Å². The summed E-state index contributed by atoms with van der Waals surface area (Å²) in [6, 6.07) is 0. The van der Waals surface area contributed by atoms with E-state index in [-0.39, 0.29) is 6.54 Å². The van der Waals surface area contributed by atoms with Gasteiger partial charge in [0.05, 0.1) is 17.5 Å². The van der Waals surface area contributed by atoms with Crippen molar-refractivity contribution in [1.29, 1.82) is 0 Å². The van der Waals surface area contributed by atoms with Gasteiger partial charge >= 0.3 is 0 Å². The molecule has 0 aliphatic heterocycles. The van der Waals surface area contributed by atoms with Gasteiger partial charge in [0.1, 0.15) is 0 Å². The largest absolute Gasteiger partial charge is 0.379 e. The SMILES string of the molecule is CN/C(Cl)=C\CC(CNN)OS(C)(=O)=O. The molecule has 4 N–H and O–H groups in total. The Hall–Kier alpha value is -0.340. The first-order valence-corrected chi connectivity index (χ1v) is 6.43. The fraction of sp³-hybridized carbons (Fsp3) is 0.714. The number of nitrogens with two attached hydrogens (primary N) is 1. The van der Waals surface area contributed by atoms with E-state index in [4.69, 9.17) is 21.6 Å². The molecular formula is C7H16ClN3O3S. The summed E-state index contributed by atoms with van der Waals surface area (Å²) in [7, 11) is -1.83. The molecule has 1 unspecified atom stereocenters. The Labute approximate surface area is 94.9 Å². The molecule has 0 saturated heterocycles. The number of rotatable bonds is 7. The predicted octanol–water partition coefficient (Wildman–Crippen LogP) is -0.516. The van der Waals surface area contributed by atoms with Gasteiger partial charge in [0, 0.05) is 13.6 Å². The molecule has 0 bridgehead atoms. The van der Waals surface area contributed by atoms with Crippen molar-refractivity contribution in [1.82, 2.24) is 10.7 Å². The summed E-state index contributed by atoms with van der Waals surface area (Å²) < 4.78 is 26.5. The first kappa shape index (κ1) is 14.7. The highest BCUT2D eigenvalue weighted by atomic mass is 35.5. The minimum absolute atomic E-state index is 0.220. The van der Waals surface area contributed by atoms with Gasteiger partial charge in [-0.2, -0.15) is 8.42 Å². The summed E-state index contributed by atoms with van der Waals surface area (Å²) in [4.78, 5) is 0. The lowest BCUT2D eigenvalue weighted by molar-refractivity contribution is 0.210. The second-order valence-electron chi connectivity index (χ2n) is 2.87. The van der Waals surface area contributed by atoms with Crippen LogP contribution < -0.4 is 16.6 Å². The summed E-state index contributed by atoms with van der Waals surface area (Å²) in [6.45, 7) is 0.220. The van der Waals surface area contributed by atoms with Crippen LogP contribution in [0, 0.1) is 0 Å². The molecule has 0 heterocycles. The zero-order valence-corrected chi connectivity index (χ0v) is 10.2. The lowest BCUT2D eigenvalue weighted by Gasteiger charge is -2.13. The van der Waals surface area contributed by atoms with Crippen molar-refractivity contribution in [3.05, 3.63) is 11.2 Å². The van der Waals surface area contributed by atoms with Gasteiger partial charge in [0.25, 0.3) is 10.1 Å². The van der Waals surface area contributed by atoms with E-state index in [1.165, 1.54) is 0 Å². The summed E-state index contributed by atoms with van der Waals surface area (Å²) in [5.41, 5.74) is 2.35. The van der Waals surface area contributed by atoms with Crippen LogP contribution >= 0.6 is 11.6 Å². The van der Waals surface area contributed by atoms with Crippen LogP contribution in [0.15, 0.2) is 11.2 Å². The van der Waals surface area contributed by atoms with E-state index >= 15 is 0 Å². The number of hydrogen-bond acceptors (Lipinski definition) is 6. The summed E-state index contributed by atoms with van der Waals surface area (Å²) in [5, 5.41) is 3.12. The lowest BCUT2D eigenvalue weighted by atomic mass is 10.2. The van der Waals surface area contributed by atoms with Crippen molar-refractivity contribution in [3.8, 4) is 0 Å². The molecule has 90 valence electrons. The average Bonchev–Trinajstić information content (AvgIpc) is 2.11. The molecule has 0 aromatic heterocycles. The highest BCUT2D eigenvalue weighted by molar-refractivity contribution is 7.86. The van der Waals surface area contributed by atoms with Gasteiger partial charge in [0.2, 0.25) is 0 Å². The van der Waals surface area contributed by atoms with E-state index < -0.39 is 16.2 Å². The maximum absolute atomic E-state index is 10.9. The van der Waals surface area contributed by atoms with Crippen LogP contribution in [0.2, 0.25) is 0 Å². The molecule has 8 heteroatoms. The fourth-order valence-electron chi connectivity index (χ4n) is 0.872. The third kappa shape index (κ3) is 8.64. The number of hydrazine groups is 1. The molecule has 0 radical (unpaired) electrons. The maximum Gasteiger partial charge on any atom is 0.264 e. The van der Waals surface area contributed by atoms with Gasteiger partial charge in [-0.25, -0.2) is 0 Å². The minimum Gasteiger partial charge on any atom is -0.379 e. The van der Waals surface area contributed by atoms with Crippen LogP contribution in [-0.2, 0) is 14.3 Å². The quantitative estimate of drug-likeness (QED) is 0.246. The zero-order valence-electron chi connectivity index (χ0n) is 8.66. The molecule has 1 atom stereocenters. The summed E-state index contributed by atoms with van der Waals surface area (Å²) in [5.74, 6) is 5.09. The summed E-state index contributed by atoms with van der Waals surface area (Å²) in [6.07, 6.45) is 2.39. The van der Waals surface area contributed by atoms with Crippen LogP contribution in [0.5, 0.6) is 0 Å². The van der Waals surface area contributed by atoms with E-state index in [0.717, 1.165) is 6.26 Å². The smallest absolute Gasteiger partial charge is 0.264 e. The summed E-state index contributed by atoms with van der Waals surface area (Å²) >= 11 is 5.67. The molecule has 0 fully saturated rings. The van der Waals surface area contributed by atoms with E-state index in [0.29, 0.717) is 11.6 Å². The maximum atomic E-state index is 10.9. The highest BCUT2D eigenvalue weighted by Crippen LogP contribution is 2.06.